The van der Waals surface area contributed by atoms with Gasteiger partial charge in [0.1, 0.15) is 11.5 Å². The van der Waals surface area contributed by atoms with Crippen LogP contribution in [0.3, 0.4) is 0 Å². The standard InChI is InChI=1S/C14H16N4O4S/c1-8-12(10(3)22-17-8)7-23(19,20)14-16-15-13(18(14)4)11-5-6-21-9(11)2/h5-6H,7H2,1-4H3. The zero-order valence-electron chi connectivity index (χ0n) is 13.2. The van der Waals surface area contributed by atoms with Gasteiger partial charge < -0.3 is 13.5 Å². The molecule has 3 aromatic rings. The molecule has 0 N–H and O–H groups in total. The van der Waals surface area contributed by atoms with Crippen molar-refractivity contribution in [1.29, 1.82) is 0 Å². The van der Waals surface area contributed by atoms with Gasteiger partial charge in [0.2, 0.25) is 15.0 Å². The summed E-state index contributed by atoms with van der Waals surface area (Å²) in [6.07, 6.45) is 1.53. The normalized spacial score (nSPS) is 12.0. The Bertz CT molecular complexity index is 945. The van der Waals surface area contributed by atoms with E-state index < -0.39 is 9.84 Å². The lowest BCUT2D eigenvalue weighted by molar-refractivity contribution is 0.392. The Hall–Kier alpha value is -2.42. The summed E-state index contributed by atoms with van der Waals surface area (Å²) in [5.74, 6) is 1.34. The fourth-order valence-electron chi connectivity index (χ4n) is 2.40. The van der Waals surface area contributed by atoms with Gasteiger partial charge in [0, 0.05) is 12.6 Å². The van der Waals surface area contributed by atoms with Gasteiger partial charge in [-0.15, -0.1) is 10.2 Å². The van der Waals surface area contributed by atoms with Crippen LogP contribution in [0.25, 0.3) is 11.4 Å². The highest BCUT2D eigenvalue weighted by atomic mass is 32.2. The smallest absolute Gasteiger partial charge is 0.250 e. The van der Waals surface area contributed by atoms with Gasteiger partial charge in [0.15, 0.2) is 5.82 Å². The van der Waals surface area contributed by atoms with Crippen LogP contribution in [0, 0.1) is 20.8 Å². The molecule has 0 unspecified atom stereocenters. The molecule has 3 aromatic heterocycles. The summed E-state index contributed by atoms with van der Waals surface area (Å²) in [5.41, 5.74) is 1.81. The molecule has 0 aliphatic rings. The third-order valence-electron chi connectivity index (χ3n) is 3.73. The minimum atomic E-state index is -3.68. The van der Waals surface area contributed by atoms with E-state index >= 15 is 0 Å². The van der Waals surface area contributed by atoms with E-state index in [4.69, 9.17) is 8.94 Å². The number of rotatable bonds is 4. The van der Waals surface area contributed by atoms with Crippen molar-refractivity contribution in [3.8, 4) is 11.4 Å². The molecule has 0 aliphatic heterocycles. The zero-order chi connectivity index (χ0) is 16.8. The fourth-order valence-corrected chi connectivity index (χ4v) is 3.99. The Morgan fingerprint density at radius 1 is 1.17 bits per heavy atom. The highest BCUT2D eigenvalue weighted by molar-refractivity contribution is 7.90. The van der Waals surface area contributed by atoms with Crippen molar-refractivity contribution in [1.82, 2.24) is 19.9 Å². The maximum absolute atomic E-state index is 12.7. The molecule has 0 spiro atoms. The monoisotopic (exact) mass is 336 g/mol. The number of hydrogen-bond acceptors (Lipinski definition) is 7. The summed E-state index contributed by atoms with van der Waals surface area (Å²) < 4.78 is 37.1. The summed E-state index contributed by atoms with van der Waals surface area (Å²) in [6.45, 7) is 5.17. The SMILES string of the molecule is Cc1noc(C)c1CS(=O)(=O)c1nnc(-c2ccoc2C)n1C. The van der Waals surface area contributed by atoms with Crippen molar-refractivity contribution < 1.29 is 17.4 Å². The minimum Gasteiger partial charge on any atom is -0.469 e. The number of aryl methyl sites for hydroxylation is 3. The Morgan fingerprint density at radius 2 is 1.91 bits per heavy atom. The predicted molar refractivity (Wildman–Crippen MR) is 80.3 cm³/mol. The van der Waals surface area contributed by atoms with Crippen LogP contribution in [0.1, 0.15) is 22.8 Å². The molecule has 0 atom stereocenters. The average Bonchev–Trinajstić information content (AvgIpc) is 3.14. The van der Waals surface area contributed by atoms with Crippen LogP contribution in [0.2, 0.25) is 0 Å². The van der Waals surface area contributed by atoms with Crippen LogP contribution in [-0.4, -0.2) is 28.3 Å². The van der Waals surface area contributed by atoms with E-state index in [2.05, 4.69) is 15.4 Å². The van der Waals surface area contributed by atoms with Crippen LogP contribution in [-0.2, 0) is 22.6 Å². The first kappa shape index (κ1) is 15.5. The highest BCUT2D eigenvalue weighted by Gasteiger charge is 2.27. The first-order valence-electron chi connectivity index (χ1n) is 6.89. The molecule has 0 radical (unpaired) electrons. The van der Waals surface area contributed by atoms with Gasteiger partial charge >= 0.3 is 0 Å². The predicted octanol–water partition coefficient (Wildman–Crippen LogP) is 1.96. The van der Waals surface area contributed by atoms with Gasteiger partial charge in [0.05, 0.1) is 23.3 Å². The minimum absolute atomic E-state index is 0.104. The third kappa shape index (κ3) is 2.56. The molecular formula is C14H16N4O4S. The largest absolute Gasteiger partial charge is 0.469 e. The summed E-state index contributed by atoms with van der Waals surface area (Å²) in [5, 5.41) is 11.5. The van der Waals surface area contributed by atoms with Gasteiger partial charge in [-0.05, 0) is 26.8 Å². The molecular weight excluding hydrogens is 320 g/mol. The molecule has 0 aromatic carbocycles. The molecule has 0 aliphatic carbocycles. The molecule has 0 bridgehead atoms. The van der Waals surface area contributed by atoms with Crippen molar-refractivity contribution >= 4 is 9.84 Å². The zero-order valence-corrected chi connectivity index (χ0v) is 14.0. The Kier molecular flexibility index (Phi) is 3.59. The Morgan fingerprint density at radius 3 is 2.48 bits per heavy atom. The molecule has 0 saturated carbocycles. The van der Waals surface area contributed by atoms with Crippen molar-refractivity contribution in [2.75, 3.05) is 0 Å². The van der Waals surface area contributed by atoms with Crippen LogP contribution in [0.5, 0.6) is 0 Å². The van der Waals surface area contributed by atoms with Crippen molar-refractivity contribution in [3.63, 3.8) is 0 Å². The van der Waals surface area contributed by atoms with Crippen LogP contribution >= 0.6 is 0 Å². The van der Waals surface area contributed by atoms with Gasteiger partial charge in [-0.25, -0.2) is 8.42 Å². The molecule has 0 fully saturated rings. The van der Waals surface area contributed by atoms with Crippen molar-refractivity contribution in [2.24, 2.45) is 7.05 Å². The quantitative estimate of drug-likeness (QED) is 0.717. The second kappa shape index (κ2) is 5.34. The topological polar surface area (TPSA) is 104 Å². The highest BCUT2D eigenvalue weighted by Crippen LogP contribution is 2.26. The van der Waals surface area contributed by atoms with E-state index in [-0.39, 0.29) is 10.9 Å². The lowest BCUT2D eigenvalue weighted by Crippen LogP contribution is -2.12. The average molecular weight is 336 g/mol. The number of furan rings is 1. The summed E-state index contributed by atoms with van der Waals surface area (Å²) >= 11 is 0. The summed E-state index contributed by atoms with van der Waals surface area (Å²) in [6, 6.07) is 1.73. The molecule has 122 valence electrons. The molecule has 3 heterocycles. The van der Waals surface area contributed by atoms with Gasteiger partial charge in [-0.1, -0.05) is 5.16 Å². The molecule has 9 heteroatoms. The molecule has 3 rings (SSSR count). The van der Waals surface area contributed by atoms with Gasteiger partial charge in [0.25, 0.3) is 0 Å². The maximum atomic E-state index is 12.7. The summed E-state index contributed by atoms with van der Waals surface area (Å²) in [4.78, 5) is 0. The second-order valence-corrected chi connectivity index (χ2v) is 7.20. The summed E-state index contributed by atoms with van der Waals surface area (Å²) in [7, 11) is -2.07. The van der Waals surface area contributed by atoms with Crippen molar-refractivity contribution in [3.05, 3.63) is 35.1 Å². The Balaban J connectivity index is 2.02. The molecule has 8 nitrogen and oxygen atoms in total. The lowest BCUT2D eigenvalue weighted by atomic mass is 10.2. The maximum Gasteiger partial charge on any atom is 0.250 e. The van der Waals surface area contributed by atoms with E-state index in [9.17, 15) is 8.42 Å². The first-order chi connectivity index (χ1) is 10.8. The van der Waals surface area contributed by atoms with Crippen LogP contribution in [0.15, 0.2) is 26.4 Å². The first-order valence-corrected chi connectivity index (χ1v) is 8.55. The number of hydrogen-bond donors (Lipinski definition) is 0. The van der Waals surface area contributed by atoms with E-state index in [1.165, 1.54) is 10.8 Å². The third-order valence-corrected chi connectivity index (χ3v) is 5.31. The van der Waals surface area contributed by atoms with Crippen LogP contribution in [0.4, 0.5) is 0 Å². The van der Waals surface area contributed by atoms with E-state index in [0.717, 1.165) is 0 Å². The van der Waals surface area contributed by atoms with E-state index in [0.29, 0.717) is 34.2 Å². The number of nitrogens with zero attached hydrogens (tertiary/aromatic N) is 4. The van der Waals surface area contributed by atoms with Gasteiger partial charge in [-0.3, -0.25) is 0 Å². The molecule has 23 heavy (non-hydrogen) atoms. The molecule has 0 saturated heterocycles. The van der Waals surface area contributed by atoms with E-state index in [1.807, 2.05) is 0 Å². The fraction of sp³-hybridized carbons (Fsp3) is 0.357. The number of aromatic nitrogens is 4. The Labute approximate surface area is 133 Å². The van der Waals surface area contributed by atoms with E-state index in [1.54, 1.807) is 33.9 Å². The van der Waals surface area contributed by atoms with Crippen molar-refractivity contribution in [2.45, 2.75) is 31.7 Å². The second-order valence-electron chi connectivity index (χ2n) is 5.32. The lowest BCUT2D eigenvalue weighted by Gasteiger charge is -2.05. The van der Waals surface area contributed by atoms with Crippen LogP contribution < -0.4 is 0 Å². The van der Waals surface area contributed by atoms with Gasteiger partial charge in [-0.2, -0.15) is 0 Å². The molecule has 0 amide bonds. The number of sulfone groups is 1.